The van der Waals surface area contributed by atoms with Crippen LogP contribution < -0.4 is 11.1 Å². The first-order valence-corrected chi connectivity index (χ1v) is 7.90. The number of hydrogen-bond donors (Lipinski definition) is 2. The first-order valence-electron chi connectivity index (χ1n) is 7.90. The molecule has 0 bridgehead atoms. The Labute approximate surface area is 127 Å². The number of anilines is 2. The van der Waals surface area contributed by atoms with E-state index >= 15 is 0 Å². The molecule has 2 rings (SSSR count). The van der Waals surface area contributed by atoms with Crippen LogP contribution in [-0.2, 0) is 4.79 Å². The molecule has 116 valence electrons. The van der Waals surface area contributed by atoms with Crippen molar-refractivity contribution in [2.75, 3.05) is 24.1 Å². The average molecular weight is 289 g/mol. The van der Waals surface area contributed by atoms with E-state index in [1.54, 1.807) is 12.1 Å². The highest BCUT2D eigenvalue weighted by Gasteiger charge is 2.38. The van der Waals surface area contributed by atoms with Crippen molar-refractivity contribution in [3.05, 3.63) is 24.3 Å². The molecule has 4 nitrogen and oxygen atoms in total. The number of hydrogen-bond acceptors (Lipinski definition) is 3. The molecule has 1 atom stereocenters. The number of benzene rings is 1. The molecule has 0 spiro atoms. The Hall–Kier alpha value is -1.55. The first kappa shape index (κ1) is 15.8. The fourth-order valence-electron chi connectivity index (χ4n) is 3.11. The molecular formula is C17H27N3O. The summed E-state index contributed by atoms with van der Waals surface area (Å²) in [5.41, 5.74) is 7.56. The molecule has 21 heavy (non-hydrogen) atoms. The van der Waals surface area contributed by atoms with E-state index < -0.39 is 0 Å². The lowest BCUT2D eigenvalue weighted by atomic mass is 9.82. The number of rotatable bonds is 5. The number of nitrogen functional groups attached to an aromatic ring is 1. The van der Waals surface area contributed by atoms with Crippen LogP contribution in [0, 0.1) is 5.41 Å². The lowest BCUT2D eigenvalue weighted by molar-refractivity contribution is -0.120. The molecule has 1 aromatic rings. The number of amides is 1. The summed E-state index contributed by atoms with van der Waals surface area (Å²) in [5.74, 6) is 0.0581. The molecule has 1 fully saturated rings. The van der Waals surface area contributed by atoms with Crippen LogP contribution in [0.2, 0.25) is 0 Å². The zero-order valence-electron chi connectivity index (χ0n) is 13.4. The van der Waals surface area contributed by atoms with E-state index in [1.165, 1.54) is 19.3 Å². The molecule has 0 saturated carbocycles. The Morgan fingerprint density at radius 3 is 2.48 bits per heavy atom. The molecule has 1 heterocycles. The van der Waals surface area contributed by atoms with Crippen molar-refractivity contribution in [3.63, 3.8) is 0 Å². The highest BCUT2D eigenvalue weighted by atomic mass is 16.2. The van der Waals surface area contributed by atoms with Crippen LogP contribution in [0.25, 0.3) is 0 Å². The summed E-state index contributed by atoms with van der Waals surface area (Å²) in [5, 5.41) is 2.97. The molecule has 4 heteroatoms. The Bertz CT molecular complexity index is 479. The molecule has 1 unspecified atom stereocenters. The summed E-state index contributed by atoms with van der Waals surface area (Å²) in [6, 6.07) is 7.19. The summed E-state index contributed by atoms with van der Waals surface area (Å²) in [7, 11) is 0. The van der Waals surface area contributed by atoms with Gasteiger partial charge in [-0.25, -0.2) is 0 Å². The van der Waals surface area contributed by atoms with Crippen molar-refractivity contribution in [1.82, 2.24) is 4.90 Å². The Morgan fingerprint density at radius 1 is 1.33 bits per heavy atom. The second kappa shape index (κ2) is 6.48. The van der Waals surface area contributed by atoms with Gasteiger partial charge in [-0.15, -0.1) is 0 Å². The third-order valence-electron chi connectivity index (χ3n) is 5.07. The topological polar surface area (TPSA) is 58.4 Å². The number of nitrogens with two attached hydrogens (primary N) is 1. The summed E-state index contributed by atoms with van der Waals surface area (Å²) in [4.78, 5) is 14.7. The monoisotopic (exact) mass is 289 g/mol. The zero-order valence-corrected chi connectivity index (χ0v) is 13.4. The SMILES string of the molecule is CCC1(CC)CCN(C(C)C(=O)Nc2ccc(N)cc2)C1. The molecule has 1 aliphatic rings. The number of nitrogens with one attached hydrogen (secondary N) is 1. The number of carbonyl (C=O) groups excluding carboxylic acids is 1. The van der Waals surface area contributed by atoms with Gasteiger partial charge in [0.25, 0.3) is 0 Å². The van der Waals surface area contributed by atoms with Gasteiger partial charge in [0.15, 0.2) is 0 Å². The molecule has 1 aliphatic heterocycles. The molecular weight excluding hydrogens is 262 g/mol. The van der Waals surface area contributed by atoms with E-state index in [0.717, 1.165) is 18.8 Å². The highest BCUT2D eigenvalue weighted by Crippen LogP contribution is 2.37. The van der Waals surface area contributed by atoms with Gasteiger partial charge >= 0.3 is 0 Å². The summed E-state index contributed by atoms with van der Waals surface area (Å²) >= 11 is 0. The molecule has 0 aromatic heterocycles. The van der Waals surface area contributed by atoms with Crippen molar-refractivity contribution >= 4 is 17.3 Å². The summed E-state index contributed by atoms with van der Waals surface area (Å²) in [6.45, 7) is 8.54. The van der Waals surface area contributed by atoms with E-state index in [4.69, 9.17) is 5.73 Å². The molecule has 1 aromatic carbocycles. The third-order valence-corrected chi connectivity index (χ3v) is 5.07. The van der Waals surface area contributed by atoms with E-state index in [0.29, 0.717) is 11.1 Å². The minimum Gasteiger partial charge on any atom is -0.399 e. The number of likely N-dealkylation sites (tertiary alicyclic amines) is 1. The van der Waals surface area contributed by atoms with Gasteiger partial charge in [-0.1, -0.05) is 13.8 Å². The summed E-state index contributed by atoms with van der Waals surface area (Å²) < 4.78 is 0. The third kappa shape index (κ3) is 3.56. The largest absolute Gasteiger partial charge is 0.399 e. The van der Waals surface area contributed by atoms with Crippen LogP contribution in [0.5, 0.6) is 0 Å². The van der Waals surface area contributed by atoms with Gasteiger partial charge in [0.05, 0.1) is 6.04 Å². The quantitative estimate of drug-likeness (QED) is 0.819. The fourth-order valence-corrected chi connectivity index (χ4v) is 3.11. The van der Waals surface area contributed by atoms with Crippen LogP contribution in [0.4, 0.5) is 11.4 Å². The number of nitrogens with zero attached hydrogens (tertiary/aromatic N) is 1. The first-order chi connectivity index (χ1) is 9.99. The predicted octanol–water partition coefficient (Wildman–Crippen LogP) is 3.11. The van der Waals surface area contributed by atoms with Gasteiger partial charge in [0.2, 0.25) is 5.91 Å². The maximum atomic E-state index is 12.4. The van der Waals surface area contributed by atoms with Crippen LogP contribution >= 0.6 is 0 Å². The Kier molecular flexibility index (Phi) is 4.88. The van der Waals surface area contributed by atoms with Gasteiger partial charge < -0.3 is 11.1 Å². The van der Waals surface area contributed by atoms with Crippen molar-refractivity contribution in [1.29, 1.82) is 0 Å². The van der Waals surface area contributed by atoms with E-state index in [9.17, 15) is 4.79 Å². The van der Waals surface area contributed by atoms with Crippen LogP contribution in [0.3, 0.4) is 0 Å². The summed E-state index contributed by atoms with van der Waals surface area (Å²) in [6.07, 6.45) is 3.57. The van der Waals surface area contributed by atoms with Crippen molar-refractivity contribution < 1.29 is 4.79 Å². The average Bonchev–Trinajstić information content (AvgIpc) is 2.94. The molecule has 1 amide bonds. The fraction of sp³-hybridized carbons (Fsp3) is 0.588. The zero-order chi connectivity index (χ0) is 15.5. The number of carbonyl (C=O) groups is 1. The van der Waals surface area contributed by atoms with Gasteiger partial charge in [-0.2, -0.15) is 0 Å². The van der Waals surface area contributed by atoms with E-state index in [-0.39, 0.29) is 11.9 Å². The normalized spacial score (nSPS) is 19.4. The lowest BCUT2D eigenvalue weighted by Gasteiger charge is -2.29. The Morgan fingerprint density at radius 2 is 1.95 bits per heavy atom. The highest BCUT2D eigenvalue weighted by molar-refractivity contribution is 5.94. The predicted molar refractivity (Wildman–Crippen MR) is 88.2 cm³/mol. The van der Waals surface area contributed by atoms with E-state index in [2.05, 4.69) is 24.1 Å². The maximum absolute atomic E-state index is 12.4. The minimum atomic E-state index is -0.0949. The van der Waals surface area contributed by atoms with Crippen LogP contribution in [0.15, 0.2) is 24.3 Å². The maximum Gasteiger partial charge on any atom is 0.241 e. The van der Waals surface area contributed by atoms with E-state index in [1.807, 2.05) is 19.1 Å². The lowest BCUT2D eigenvalue weighted by Crippen LogP contribution is -2.41. The second-order valence-corrected chi connectivity index (χ2v) is 6.21. The van der Waals surface area contributed by atoms with Crippen molar-refractivity contribution in [3.8, 4) is 0 Å². The molecule has 0 radical (unpaired) electrons. The standard InChI is InChI=1S/C17H27N3O/c1-4-17(5-2)10-11-20(12-17)13(3)16(21)19-15-8-6-14(18)7-9-15/h6-9,13H,4-5,10-12,18H2,1-3H3,(H,19,21). The van der Waals surface area contributed by atoms with Gasteiger partial charge in [-0.3, -0.25) is 9.69 Å². The van der Waals surface area contributed by atoms with Crippen molar-refractivity contribution in [2.45, 2.75) is 46.1 Å². The van der Waals surface area contributed by atoms with Gasteiger partial charge in [0, 0.05) is 17.9 Å². The molecule has 0 aliphatic carbocycles. The van der Waals surface area contributed by atoms with Crippen LogP contribution in [-0.4, -0.2) is 29.9 Å². The van der Waals surface area contributed by atoms with Crippen molar-refractivity contribution in [2.24, 2.45) is 5.41 Å². The van der Waals surface area contributed by atoms with Crippen LogP contribution in [0.1, 0.15) is 40.0 Å². The van der Waals surface area contributed by atoms with Gasteiger partial charge in [0.1, 0.15) is 0 Å². The smallest absolute Gasteiger partial charge is 0.241 e. The molecule has 3 N–H and O–H groups in total. The van der Waals surface area contributed by atoms with Gasteiger partial charge in [-0.05, 0) is 62.4 Å². The minimum absolute atomic E-state index is 0.0581. The Balaban J connectivity index is 1.95. The second-order valence-electron chi connectivity index (χ2n) is 6.21. The molecule has 1 saturated heterocycles.